The molecule has 0 bridgehead atoms. The van der Waals surface area contributed by atoms with Crippen LogP contribution in [0.4, 0.5) is 5.69 Å². The molecule has 0 radical (unpaired) electrons. The van der Waals surface area contributed by atoms with Crippen molar-refractivity contribution in [1.29, 1.82) is 0 Å². The SMILES string of the molecule is CN=C(NCCN1CCCN(C)CC1)NC1CCN(c2cc(Cl)ccc2OC)C1. The minimum atomic E-state index is 0.344. The van der Waals surface area contributed by atoms with Crippen LogP contribution in [-0.4, -0.2) is 95.4 Å². The molecule has 2 aliphatic rings. The molecular weight excluding hydrogens is 388 g/mol. The zero-order valence-corrected chi connectivity index (χ0v) is 18.7. The molecule has 0 saturated carbocycles. The summed E-state index contributed by atoms with van der Waals surface area (Å²) in [7, 11) is 5.74. The van der Waals surface area contributed by atoms with Gasteiger partial charge in [0.15, 0.2) is 5.96 Å². The Kier molecular flexibility index (Phi) is 8.27. The van der Waals surface area contributed by atoms with Crippen molar-refractivity contribution in [1.82, 2.24) is 20.4 Å². The van der Waals surface area contributed by atoms with Gasteiger partial charge in [0.05, 0.1) is 12.8 Å². The van der Waals surface area contributed by atoms with E-state index in [1.54, 1.807) is 7.11 Å². The van der Waals surface area contributed by atoms with E-state index in [1.807, 2.05) is 25.2 Å². The van der Waals surface area contributed by atoms with E-state index in [9.17, 15) is 0 Å². The van der Waals surface area contributed by atoms with Crippen molar-refractivity contribution in [3.63, 3.8) is 0 Å². The Balaban J connectivity index is 1.45. The summed E-state index contributed by atoms with van der Waals surface area (Å²) in [6, 6.07) is 6.12. The third kappa shape index (κ3) is 6.39. The van der Waals surface area contributed by atoms with E-state index >= 15 is 0 Å². The molecule has 0 amide bonds. The third-order valence-electron chi connectivity index (χ3n) is 5.77. The highest BCUT2D eigenvalue weighted by molar-refractivity contribution is 6.30. The molecule has 2 fully saturated rings. The van der Waals surface area contributed by atoms with Crippen LogP contribution in [-0.2, 0) is 0 Å². The maximum absolute atomic E-state index is 6.20. The van der Waals surface area contributed by atoms with Gasteiger partial charge in [-0.25, -0.2) is 0 Å². The van der Waals surface area contributed by atoms with Crippen LogP contribution in [0.2, 0.25) is 5.02 Å². The van der Waals surface area contributed by atoms with E-state index in [4.69, 9.17) is 16.3 Å². The van der Waals surface area contributed by atoms with Crippen molar-refractivity contribution in [2.75, 3.05) is 78.5 Å². The van der Waals surface area contributed by atoms with Crippen LogP contribution < -0.4 is 20.3 Å². The molecule has 1 aromatic carbocycles. The summed E-state index contributed by atoms with van der Waals surface area (Å²) in [5.74, 6) is 1.74. The van der Waals surface area contributed by atoms with Crippen molar-refractivity contribution in [2.45, 2.75) is 18.9 Å². The molecule has 29 heavy (non-hydrogen) atoms. The van der Waals surface area contributed by atoms with E-state index in [0.29, 0.717) is 6.04 Å². The number of likely N-dealkylation sites (N-methyl/N-ethyl adjacent to an activating group) is 1. The molecule has 162 valence electrons. The predicted octanol–water partition coefficient (Wildman–Crippen LogP) is 1.73. The van der Waals surface area contributed by atoms with Crippen LogP contribution in [0.25, 0.3) is 0 Å². The Hall–Kier alpha value is -1.70. The predicted molar refractivity (Wildman–Crippen MR) is 122 cm³/mol. The van der Waals surface area contributed by atoms with Crippen LogP contribution in [0.15, 0.2) is 23.2 Å². The minimum absolute atomic E-state index is 0.344. The van der Waals surface area contributed by atoms with Crippen molar-refractivity contribution >= 4 is 23.2 Å². The van der Waals surface area contributed by atoms with Crippen LogP contribution in [0, 0.1) is 0 Å². The number of anilines is 1. The summed E-state index contributed by atoms with van der Waals surface area (Å²) in [6.07, 6.45) is 2.29. The van der Waals surface area contributed by atoms with Gasteiger partial charge in [0.25, 0.3) is 0 Å². The summed E-state index contributed by atoms with van der Waals surface area (Å²) < 4.78 is 5.51. The first-order chi connectivity index (χ1) is 14.1. The van der Waals surface area contributed by atoms with Crippen LogP contribution in [0.3, 0.4) is 0 Å². The standard InChI is InChI=1S/C21H35ClN6O/c1-23-21(24-8-12-27-10-4-9-26(2)13-14-27)25-18-7-11-28(16-18)19-15-17(22)5-6-20(19)29-3/h5-6,15,18H,4,7-14,16H2,1-3H3,(H2,23,24,25). The number of methoxy groups -OCH3 is 1. The van der Waals surface area contributed by atoms with Crippen molar-refractivity contribution in [3.05, 3.63) is 23.2 Å². The molecule has 2 N–H and O–H groups in total. The number of benzene rings is 1. The quantitative estimate of drug-likeness (QED) is 0.538. The molecule has 3 rings (SSSR count). The zero-order valence-electron chi connectivity index (χ0n) is 18.0. The number of ether oxygens (including phenoxy) is 1. The van der Waals surface area contributed by atoms with Gasteiger partial charge in [0.1, 0.15) is 5.75 Å². The smallest absolute Gasteiger partial charge is 0.191 e. The van der Waals surface area contributed by atoms with Crippen LogP contribution in [0.5, 0.6) is 5.75 Å². The average molecular weight is 423 g/mol. The highest BCUT2D eigenvalue weighted by atomic mass is 35.5. The fourth-order valence-corrected chi connectivity index (χ4v) is 4.22. The van der Waals surface area contributed by atoms with Gasteiger partial charge in [-0.1, -0.05) is 11.6 Å². The van der Waals surface area contributed by atoms with Crippen molar-refractivity contribution in [2.24, 2.45) is 4.99 Å². The Morgan fingerprint density at radius 1 is 1.24 bits per heavy atom. The fraction of sp³-hybridized carbons (Fsp3) is 0.667. The topological polar surface area (TPSA) is 55.4 Å². The summed E-state index contributed by atoms with van der Waals surface area (Å²) in [5, 5.41) is 7.78. The first-order valence-electron chi connectivity index (χ1n) is 10.6. The maximum atomic E-state index is 6.20. The van der Waals surface area contributed by atoms with Crippen LogP contribution >= 0.6 is 11.6 Å². The Bertz CT molecular complexity index is 685. The number of hydrogen-bond acceptors (Lipinski definition) is 5. The highest BCUT2D eigenvalue weighted by Gasteiger charge is 2.25. The Morgan fingerprint density at radius 2 is 2.10 bits per heavy atom. The maximum Gasteiger partial charge on any atom is 0.191 e. The second kappa shape index (κ2) is 10.9. The van der Waals surface area contributed by atoms with Gasteiger partial charge < -0.3 is 30.1 Å². The lowest BCUT2D eigenvalue weighted by Gasteiger charge is -2.23. The number of nitrogens with zero attached hydrogens (tertiary/aromatic N) is 4. The van der Waals surface area contributed by atoms with Crippen molar-refractivity contribution in [3.8, 4) is 5.75 Å². The van der Waals surface area contributed by atoms with E-state index in [2.05, 4.69) is 37.4 Å². The van der Waals surface area contributed by atoms with E-state index in [1.165, 1.54) is 19.5 Å². The average Bonchev–Trinajstić information content (AvgIpc) is 3.09. The van der Waals surface area contributed by atoms with Gasteiger partial charge in [-0.15, -0.1) is 0 Å². The Morgan fingerprint density at radius 3 is 2.90 bits per heavy atom. The first-order valence-corrected chi connectivity index (χ1v) is 10.9. The molecule has 1 unspecified atom stereocenters. The molecule has 7 nitrogen and oxygen atoms in total. The number of aliphatic imine (C=N–C) groups is 1. The van der Waals surface area contributed by atoms with Gasteiger partial charge in [0.2, 0.25) is 0 Å². The number of guanidine groups is 1. The number of halogens is 1. The molecule has 1 aromatic rings. The molecule has 2 aliphatic heterocycles. The Labute approximate surface area is 180 Å². The highest BCUT2D eigenvalue weighted by Crippen LogP contribution is 2.33. The van der Waals surface area contributed by atoms with Crippen molar-refractivity contribution < 1.29 is 4.74 Å². The van der Waals surface area contributed by atoms with E-state index in [-0.39, 0.29) is 0 Å². The van der Waals surface area contributed by atoms with Gasteiger partial charge in [-0.2, -0.15) is 0 Å². The van der Waals surface area contributed by atoms with E-state index < -0.39 is 0 Å². The van der Waals surface area contributed by atoms with Gasteiger partial charge >= 0.3 is 0 Å². The summed E-state index contributed by atoms with van der Waals surface area (Å²) >= 11 is 6.20. The zero-order chi connectivity index (χ0) is 20.6. The molecule has 2 heterocycles. The van der Waals surface area contributed by atoms with Crippen LogP contribution in [0.1, 0.15) is 12.8 Å². The lowest BCUT2D eigenvalue weighted by molar-refractivity contribution is 0.280. The van der Waals surface area contributed by atoms with E-state index in [0.717, 1.165) is 68.1 Å². The first kappa shape index (κ1) is 22.0. The molecule has 0 spiro atoms. The number of nitrogens with one attached hydrogen (secondary N) is 2. The molecule has 0 aromatic heterocycles. The molecule has 1 atom stereocenters. The molecular formula is C21H35ClN6O. The second-order valence-corrected chi connectivity index (χ2v) is 8.33. The molecule has 8 heteroatoms. The second-order valence-electron chi connectivity index (χ2n) is 7.89. The lowest BCUT2D eigenvalue weighted by atomic mass is 10.2. The minimum Gasteiger partial charge on any atom is -0.495 e. The summed E-state index contributed by atoms with van der Waals surface area (Å²) in [4.78, 5) is 11.7. The third-order valence-corrected chi connectivity index (χ3v) is 6.00. The largest absolute Gasteiger partial charge is 0.495 e. The van der Waals surface area contributed by atoms with Gasteiger partial charge in [-0.3, -0.25) is 4.99 Å². The number of hydrogen-bond donors (Lipinski definition) is 2. The summed E-state index contributed by atoms with van der Waals surface area (Å²) in [6.45, 7) is 8.48. The summed E-state index contributed by atoms with van der Waals surface area (Å²) in [5.41, 5.74) is 1.05. The monoisotopic (exact) mass is 422 g/mol. The lowest BCUT2D eigenvalue weighted by Crippen LogP contribution is -2.46. The van der Waals surface area contributed by atoms with Gasteiger partial charge in [-0.05, 0) is 51.2 Å². The molecule has 2 saturated heterocycles. The van der Waals surface area contributed by atoms with Gasteiger partial charge in [0, 0.05) is 57.4 Å². The fourth-order valence-electron chi connectivity index (χ4n) is 4.05. The number of rotatable bonds is 6. The normalized spacial score (nSPS) is 21.9. The molecule has 0 aliphatic carbocycles.